The van der Waals surface area contributed by atoms with Crippen molar-refractivity contribution < 1.29 is 33.6 Å². The molecule has 41 heavy (non-hydrogen) atoms. The van der Waals surface area contributed by atoms with Crippen molar-refractivity contribution in [2.45, 2.75) is 103 Å². The molecule has 0 aliphatic rings. The number of aryl methyl sites for hydroxylation is 3. The molecule has 9 nitrogen and oxygen atoms in total. The van der Waals surface area contributed by atoms with Gasteiger partial charge in [0.25, 0.3) is 5.97 Å². The Hall–Kier alpha value is -3.85. The van der Waals surface area contributed by atoms with Crippen LogP contribution in [0.25, 0.3) is 0 Å². The minimum Gasteiger partial charge on any atom is -0.481 e. The predicted molar refractivity (Wildman–Crippen MR) is 168 cm³/mol. The lowest BCUT2D eigenvalue weighted by Gasteiger charge is -2.03. The van der Waals surface area contributed by atoms with Crippen molar-refractivity contribution in [2.75, 3.05) is 0 Å². The van der Waals surface area contributed by atoms with Crippen LogP contribution in [0.4, 0.5) is 0 Å². The lowest BCUT2D eigenvalue weighted by Crippen LogP contribution is -2.35. The quantitative estimate of drug-likeness (QED) is 0.236. The van der Waals surface area contributed by atoms with Crippen LogP contribution in [-0.2, 0) is 30.5 Å². The van der Waals surface area contributed by atoms with E-state index in [2.05, 4.69) is 31.8 Å². The third-order valence-corrected chi connectivity index (χ3v) is 4.57. The average molecular weight is 579 g/mol. The molecule has 234 valence electrons. The number of Topliss-reactive ketones (excluding diaryl/α,β-unsaturated/α-hetero) is 3. The number of nitrogens with zero attached hydrogens (tertiary/aromatic N) is 2. The first-order valence-corrected chi connectivity index (χ1v) is 12.6. The summed E-state index contributed by atoms with van der Waals surface area (Å²) in [7, 11) is 0. The largest absolute Gasteiger partial charge is 0.481 e. The smallest absolute Gasteiger partial charge is 0.300 e. The van der Waals surface area contributed by atoms with Crippen LogP contribution in [0.2, 0.25) is 0 Å². The maximum Gasteiger partial charge on any atom is 0.300 e. The molecular formula is C32H56N3O6+. The number of allylic oxidation sites excluding steroid dienone is 2. The van der Waals surface area contributed by atoms with E-state index in [1.165, 1.54) is 18.1 Å². The van der Waals surface area contributed by atoms with Crippen LogP contribution in [0.3, 0.4) is 0 Å². The van der Waals surface area contributed by atoms with Crippen molar-refractivity contribution in [3.05, 3.63) is 70.8 Å². The number of pyridine rings is 2. The van der Waals surface area contributed by atoms with Gasteiger partial charge in [-0.05, 0) is 85.1 Å². The van der Waals surface area contributed by atoms with E-state index >= 15 is 0 Å². The molecule has 0 bridgehead atoms. The number of carboxylic acid groups (broad SMARTS) is 1. The lowest BCUT2D eigenvalue weighted by atomic mass is 10.1. The van der Waals surface area contributed by atoms with Crippen molar-refractivity contribution in [1.82, 2.24) is 11.1 Å². The number of ketones is 3. The zero-order valence-corrected chi connectivity index (χ0v) is 26.6. The van der Waals surface area contributed by atoms with Crippen LogP contribution in [0.5, 0.6) is 0 Å². The minimum atomic E-state index is -0.833. The number of rotatable bonds is 4. The summed E-state index contributed by atoms with van der Waals surface area (Å²) in [4.78, 5) is 52.9. The van der Waals surface area contributed by atoms with Crippen LogP contribution < -0.4 is 10.7 Å². The molecule has 2 aromatic rings. The molecule has 4 N–H and O–H groups in total. The fourth-order valence-corrected chi connectivity index (χ4v) is 2.09. The first kappa shape index (κ1) is 50.0. The second-order valence-electron chi connectivity index (χ2n) is 8.38. The van der Waals surface area contributed by atoms with E-state index < -0.39 is 5.97 Å². The Bertz CT molecular complexity index is 1010. The van der Waals surface area contributed by atoms with Gasteiger partial charge in [0.05, 0.1) is 0 Å². The monoisotopic (exact) mass is 578 g/mol. The number of aliphatic carboxylic acids is 1. The van der Waals surface area contributed by atoms with Gasteiger partial charge in [-0.15, -0.1) is 0 Å². The summed E-state index contributed by atoms with van der Waals surface area (Å²) in [5, 5.41) is 7.42. The molecule has 0 aliphatic carbocycles. The number of aromatic nitrogens is 2. The number of hydrogen-bond acceptors (Lipinski definition) is 7. The summed E-state index contributed by atoms with van der Waals surface area (Å²) in [6.07, 6.45) is 6.98. The van der Waals surface area contributed by atoms with E-state index in [1.807, 2.05) is 68.9 Å². The van der Waals surface area contributed by atoms with Gasteiger partial charge in [0.2, 0.25) is 6.54 Å². The molecule has 0 unspecified atom stereocenters. The summed E-state index contributed by atoms with van der Waals surface area (Å²) in [5.41, 5.74) is 5.74. The summed E-state index contributed by atoms with van der Waals surface area (Å²) >= 11 is 0. The number of carbonyl (C=O) groups is 5. The van der Waals surface area contributed by atoms with Crippen LogP contribution in [0.15, 0.2) is 48.3 Å². The fourth-order valence-electron chi connectivity index (χ4n) is 2.09. The van der Waals surface area contributed by atoms with Gasteiger partial charge in [-0.3, -0.25) is 19.4 Å². The van der Waals surface area contributed by atoms with Gasteiger partial charge < -0.3 is 20.8 Å². The van der Waals surface area contributed by atoms with E-state index in [0.29, 0.717) is 13.0 Å². The zero-order valence-electron chi connectivity index (χ0n) is 26.6. The summed E-state index contributed by atoms with van der Waals surface area (Å²) in [6.45, 7) is 21.6. The van der Waals surface area contributed by atoms with E-state index in [9.17, 15) is 14.4 Å². The number of hydrogen-bond donors (Lipinski definition) is 2. The van der Waals surface area contributed by atoms with Gasteiger partial charge in [0.15, 0.2) is 24.0 Å². The second kappa shape index (κ2) is 32.4. The Morgan fingerprint density at radius 2 is 1.27 bits per heavy atom. The molecule has 0 amide bonds. The van der Waals surface area contributed by atoms with Crippen LogP contribution in [0.1, 0.15) is 91.8 Å². The van der Waals surface area contributed by atoms with Gasteiger partial charge >= 0.3 is 0 Å². The lowest BCUT2D eigenvalue weighted by molar-refractivity contribution is -0.684. The second-order valence-corrected chi connectivity index (χ2v) is 8.38. The van der Waals surface area contributed by atoms with Crippen molar-refractivity contribution >= 4 is 29.6 Å². The SMILES string of the molecule is C.C/C=C(\C)C(C)=O.CC(=O)C[n+]1ccccc1.CC(=O)O.CC=O.CCC(C)=O.Cc1cc(C)c(C)c(C)n1.N. The Kier molecular flexibility index (Phi) is 39.5. The molecule has 0 saturated carbocycles. The number of carboxylic acids is 1. The highest BCUT2D eigenvalue weighted by atomic mass is 16.4. The van der Waals surface area contributed by atoms with E-state index in [-0.39, 0.29) is 30.9 Å². The molecule has 0 aromatic carbocycles. The first-order chi connectivity index (χ1) is 18.0. The molecule has 0 saturated heterocycles. The molecule has 2 aromatic heterocycles. The minimum absolute atomic E-state index is 0. The van der Waals surface area contributed by atoms with E-state index in [0.717, 1.165) is 30.2 Å². The Morgan fingerprint density at radius 1 is 0.878 bits per heavy atom. The topological polar surface area (TPSA) is 157 Å². The van der Waals surface area contributed by atoms with Crippen LogP contribution >= 0.6 is 0 Å². The van der Waals surface area contributed by atoms with Gasteiger partial charge in [0, 0.05) is 43.8 Å². The zero-order chi connectivity index (χ0) is 31.6. The highest BCUT2D eigenvalue weighted by molar-refractivity contribution is 5.92. The summed E-state index contributed by atoms with van der Waals surface area (Å²) < 4.78 is 1.85. The highest BCUT2D eigenvalue weighted by Gasteiger charge is 2.00. The van der Waals surface area contributed by atoms with Gasteiger partial charge in [-0.25, -0.2) is 0 Å². The number of carbonyl (C=O) groups excluding carboxylic acids is 4. The normalized spacial score (nSPS) is 8.54. The van der Waals surface area contributed by atoms with Crippen molar-refractivity contribution in [3.63, 3.8) is 0 Å². The Morgan fingerprint density at radius 3 is 1.51 bits per heavy atom. The van der Waals surface area contributed by atoms with Crippen LogP contribution in [0, 0.1) is 27.7 Å². The van der Waals surface area contributed by atoms with Crippen molar-refractivity contribution in [3.8, 4) is 0 Å². The Balaban J connectivity index is -0.0000000933. The molecule has 9 heteroatoms. The molecule has 0 radical (unpaired) electrons. The molecule has 0 fully saturated rings. The first-order valence-electron chi connectivity index (χ1n) is 12.6. The summed E-state index contributed by atoms with van der Waals surface area (Å²) in [6, 6.07) is 7.85. The standard InChI is InChI=1S/C9H13N.C8H10NO.C6H10O.C4H8O.C2H4O2.C2H4O.CH4.H3N/c1-6-5-7(2)10-9(4)8(6)3;1-8(10)7-9-5-3-2-4-6-9;1-4-5(2)6(3)7;1-3-4(2)5;1-2(3)4;1-2-3;;/h5H,1-4H3;2-6H,7H2,1H3;4H,1-3H3;3H2,1-2H3;1H3,(H,3,4);2H,1H3;1H4;1H3/q;+1;;;;;;/b;;5-4+;;;;;. The maximum absolute atomic E-state index is 10.6. The molecule has 2 rings (SSSR count). The van der Waals surface area contributed by atoms with Gasteiger partial charge in [-0.2, -0.15) is 4.57 Å². The van der Waals surface area contributed by atoms with Crippen molar-refractivity contribution in [1.29, 1.82) is 0 Å². The van der Waals surface area contributed by atoms with Gasteiger partial charge in [0.1, 0.15) is 12.1 Å². The molecule has 0 spiro atoms. The molecular weight excluding hydrogens is 522 g/mol. The highest BCUT2D eigenvalue weighted by Crippen LogP contribution is 2.10. The third-order valence-electron chi connectivity index (χ3n) is 4.57. The van der Waals surface area contributed by atoms with Crippen LogP contribution in [-0.4, -0.2) is 39.7 Å². The van der Waals surface area contributed by atoms with E-state index in [1.54, 1.807) is 20.8 Å². The molecule has 0 aliphatic heterocycles. The summed E-state index contributed by atoms with van der Waals surface area (Å²) in [5.74, 6) is -0.247. The Labute approximate surface area is 248 Å². The third kappa shape index (κ3) is 40.8. The number of aldehydes is 1. The fraction of sp³-hybridized carbons (Fsp3) is 0.469. The molecule has 2 heterocycles. The van der Waals surface area contributed by atoms with E-state index in [4.69, 9.17) is 14.7 Å². The van der Waals surface area contributed by atoms with Gasteiger partial charge in [-0.1, -0.05) is 26.5 Å². The predicted octanol–water partition coefficient (Wildman–Crippen LogP) is 6.50. The molecule has 0 atom stereocenters. The van der Waals surface area contributed by atoms with Crippen molar-refractivity contribution in [2.24, 2.45) is 0 Å². The maximum atomic E-state index is 10.6. The average Bonchev–Trinajstić information content (AvgIpc) is 2.83.